The fourth-order valence-electron chi connectivity index (χ4n) is 1.65. The molecule has 0 aromatic heterocycles. The first-order valence-electron chi connectivity index (χ1n) is 5.17. The molecule has 0 bridgehead atoms. The van der Waals surface area contributed by atoms with E-state index >= 15 is 0 Å². The first kappa shape index (κ1) is 13.0. The Morgan fingerprint density at radius 2 is 2.25 bits per heavy atom. The van der Waals surface area contributed by atoms with Gasteiger partial charge in [-0.05, 0) is 24.1 Å². The van der Waals surface area contributed by atoms with Gasteiger partial charge in [0.25, 0.3) is 0 Å². The number of halogens is 1. The second-order valence-corrected chi connectivity index (χ2v) is 4.98. The van der Waals surface area contributed by atoms with E-state index in [1.54, 1.807) is 0 Å². The van der Waals surface area contributed by atoms with Gasteiger partial charge in [0.2, 0.25) is 0 Å². The molecule has 3 nitrogen and oxygen atoms in total. The standard InChI is InChI=1S/C12H16BrNO2/c1-9(6-12(15)16)8-14(2)11-5-3-4-10(13)7-11/h3-5,7,9H,6,8H2,1-2H3,(H,15,16). The van der Waals surface area contributed by atoms with Gasteiger partial charge in [-0.15, -0.1) is 0 Å². The molecule has 1 rings (SSSR count). The van der Waals surface area contributed by atoms with E-state index in [1.807, 2.05) is 38.2 Å². The van der Waals surface area contributed by atoms with Gasteiger partial charge in [-0.3, -0.25) is 4.79 Å². The van der Waals surface area contributed by atoms with Gasteiger partial charge in [0.15, 0.2) is 0 Å². The summed E-state index contributed by atoms with van der Waals surface area (Å²) in [6, 6.07) is 7.97. The van der Waals surface area contributed by atoms with Crippen LogP contribution in [0.25, 0.3) is 0 Å². The van der Waals surface area contributed by atoms with E-state index in [0.717, 1.165) is 16.7 Å². The molecule has 0 aliphatic carbocycles. The van der Waals surface area contributed by atoms with Crippen molar-refractivity contribution < 1.29 is 9.90 Å². The zero-order chi connectivity index (χ0) is 12.1. The topological polar surface area (TPSA) is 40.5 Å². The SMILES string of the molecule is CC(CC(=O)O)CN(C)c1cccc(Br)c1. The highest BCUT2D eigenvalue weighted by Crippen LogP contribution is 2.20. The number of anilines is 1. The average Bonchev–Trinajstić information content (AvgIpc) is 2.16. The predicted octanol–water partition coefficient (Wildman–Crippen LogP) is 3.00. The van der Waals surface area contributed by atoms with E-state index in [1.165, 1.54) is 0 Å². The number of hydrogen-bond acceptors (Lipinski definition) is 2. The summed E-state index contributed by atoms with van der Waals surface area (Å²) in [5.41, 5.74) is 1.09. The van der Waals surface area contributed by atoms with Crippen LogP contribution in [-0.4, -0.2) is 24.7 Å². The highest BCUT2D eigenvalue weighted by molar-refractivity contribution is 9.10. The van der Waals surface area contributed by atoms with Gasteiger partial charge in [0, 0.05) is 30.2 Å². The summed E-state index contributed by atoms with van der Waals surface area (Å²) < 4.78 is 1.03. The van der Waals surface area contributed by atoms with Crippen LogP contribution in [-0.2, 0) is 4.79 Å². The highest BCUT2D eigenvalue weighted by Gasteiger charge is 2.10. The Kier molecular flexibility index (Phi) is 4.80. The van der Waals surface area contributed by atoms with E-state index in [0.29, 0.717) is 0 Å². The number of carbonyl (C=O) groups is 1. The Morgan fingerprint density at radius 1 is 1.56 bits per heavy atom. The molecule has 0 saturated carbocycles. The molecule has 1 atom stereocenters. The van der Waals surface area contributed by atoms with Crippen LogP contribution in [0.2, 0.25) is 0 Å². The minimum absolute atomic E-state index is 0.140. The van der Waals surface area contributed by atoms with Crippen molar-refractivity contribution in [3.8, 4) is 0 Å². The van der Waals surface area contributed by atoms with Gasteiger partial charge in [-0.2, -0.15) is 0 Å². The van der Waals surface area contributed by atoms with Gasteiger partial charge in [-0.1, -0.05) is 28.9 Å². The molecule has 1 aromatic carbocycles. The van der Waals surface area contributed by atoms with Crippen molar-refractivity contribution in [2.24, 2.45) is 5.92 Å². The van der Waals surface area contributed by atoms with Crippen LogP contribution in [0.5, 0.6) is 0 Å². The summed E-state index contributed by atoms with van der Waals surface area (Å²) in [5, 5.41) is 8.69. The molecule has 0 aliphatic heterocycles. The Morgan fingerprint density at radius 3 is 2.81 bits per heavy atom. The zero-order valence-corrected chi connectivity index (χ0v) is 11.1. The van der Waals surface area contributed by atoms with E-state index < -0.39 is 5.97 Å². The van der Waals surface area contributed by atoms with Crippen molar-refractivity contribution in [3.05, 3.63) is 28.7 Å². The van der Waals surface area contributed by atoms with E-state index in [-0.39, 0.29) is 12.3 Å². The van der Waals surface area contributed by atoms with Crippen molar-refractivity contribution in [3.63, 3.8) is 0 Å². The van der Waals surface area contributed by atoms with Gasteiger partial charge in [0.1, 0.15) is 0 Å². The van der Waals surface area contributed by atoms with E-state index in [9.17, 15) is 4.79 Å². The molecule has 0 amide bonds. The van der Waals surface area contributed by atoms with Crippen molar-refractivity contribution in [1.29, 1.82) is 0 Å². The fourth-order valence-corrected chi connectivity index (χ4v) is 2.04. The number of rotatable bonds is 5. The Bertz CT molecular complexity index is 368. The Hall–Kier alpha value is -1.03. The van der Waals surface area contributed by atoms with Crippen molar-refractivity contribution in [2.45, 2.75) is 13.3 Å². The molecule has 1 aromatic rings. The summed E-state index contributed by atoms with van der Waals surface area (Å²) in [6.07, 6.45) is 0.207. The minimum atomic E-state index is -0.741. The lowest BCUT2D eigenvalue weighted by molar-refractivity contribution is -0.137. The number of carboxylic acid groups (broad SMARTS) is 1. The van der Waals surface area contributed by atoms with Crippen LogP contribution in [0.1, 0.15) is 13.3 Å². The molecule has 1 N–H and O–H groups in total. The molecule has 0 saturated heterocycles. The molecule has 0 heterocycles. The third-order valence-corrected chi connectivity index (χ3v) is 2.85. The quantitative estimate of drug-likeness (QED) is 0.904. The van der Waals surface area contributed by atoms with Crippen LogP contribution in [0, 0.1) is 5.92 Å². The van der Waals surface area contributed by atoms with Crippen molar-refractivity contribution in [1.82, 2.24) is 0 Å². The molecule has 0 fully saturated rings. The van der Waals surface area contributed by atoms with Crippen LogP contribution in [0.15, 0.2) is 28.7 Å². The maximum Gasteiger partial charge on any atom is 0.303 e. The average molecular weight is 286 g/mol. The second kappa shape index (κ2) is 5.89. The third kappa shape index (κ3) is 4.23. The summed E-state index contributed by atoms with van der Waals surface area (Å²) in [7, 11) is 1.97. The van der Waals surface area contributed by atoms with Crippen LogP contribution < -0.4 is 4.90 Å². The maximum atomic E-state index is 10.6. The second-order valence-electron chi connectivity index (χ2n) is 4.06. The lowest BCUT2D eigenvalue weighted by Crippen LogP contribution is -2.25. The van der Waals surface area contributed by atoms with Crippen LogP contribution in [0.3, 0.4) is 0 Å². The molecule has 16 heavy (non-hydrogen) atoms. The first-order valence-corrected chi connectivity index (χ1v) is 5.97. The van der Waals surface area contributed by atoms with Crippen molar-refractivity contribution >= 4 is 27.6 Å². The van der Waals surface area contributed by atoms with E-state index in [4.69, 9.17) is 5.11 Å². The lowest BCUT2D eigenvalue weighted by Gasteiger charge is -2.22. The van der Waals surface area contributed by atoms with Gasteiger partial charge < -0.3 is 10.0 Å². The number of hydrogen-bond donors (Lipinski definition) is 1. The molecule has 0 aliphatic rings. The van der Waals surface area contributed by atoms with Crippen LogP contribution in [0.4, 0.5) is 5.69 Å². The summed E-state index contributed by atoms with van der Waals surface area (Å²) in [6.45, 7) is 2.69. The third-order valence-electron chi connectivity index (χ3n) is 2.36. The molecule has 1 unspecified atom stereocenters. The summed E-state index contributed by atoms with van der Waals surface area (Å²) >= 11 is 3.42. The zero-order valence-electron chi connectivity index (χ0n) is 9.48. The molecule has 88 valence electrons. The van der Waals surface area contributed by atoms with Gasteiger partial charge >= 0.3 is 5.97 Å². The predicted molar refractivity (Wildman–Crippen MR) is 68.8 cm³/mol. The first-order chi connectivity index (χ1) is 7.49. The number of nitrogens with zero attached hydrogens (tertiary/aromatic N) is 1. The molecular formula is C12H16BrNO2. The maximum absolute atomic E-state index is 10.6. The molecular weight excluding hydrogens is 270 g/mol. The highest BCUT2D eigenvalue weighted by atomic mass is 79.9. The number of aliphatic carboxylic acids is 1. The molecule has 0 radical (unpaired) electrons. The monoisotopic (exact) mass is 285 g/mol. The molecule has 4 heteroatoms. The lowest BCUT2D eigenvalue weighted by atomic mass is 10.1. The fraction of sp³-hybridized carbons (Fsp3) is 0.417. The number of carboxylic acids is 1. The summed E-state index contributed by atoms with van der Waals surface area (Å²) in [4.78, 5) is 12.6. The Balaban J connectivity index is 2.58. The minimum Gasteiger partial charge on any atom is -0.481 e. The van der Waals surface area contributed by atoms with Gasteiger partial charge in [0.05, 0.1) is 0 Å². The van der Waals surface area contributed by atoms with Gasteiger partial charge in [-0.25, -0.2) is 0 Å². The normalized spacial score (nSPS) is 12.2. The van der Waals surface area contributed by atoms with E-state index in [2.05, 4.69) is 20.8 Å². The largest absolute Gasteiger partial charge is 0.481 e. The smallest absolute Gasteiger partial charge is 0.303 e. The number of benzene rings is 1. The summed E-state index contributed by atoms with van der Waals surface area (Å²) in [5.74, 6) is -0.600. The molecule has 0 spiro atoms. The Labute approximate surface area is 104 Å². The van der Waals surface area contributed by atoms with Crippen LogP contribution >= 0.6 is 15.9 Å². The van der Waals surface area contributed by atoms with Crippen molar-refractivity contribution in [2.75, 3.05) is 18.5 Å².